The molecule has 0 aliphatic carbocycles. The molecule has 4 aromatic carbocycles. The predicted molar refractivity (Wildman–Crippen MR) is 128 cm³/mol. The van der Waals surface area contributed by atoms with Gasteiger partial charge in [0, 0.05) is 23.8 Å². The molecule has 0 saturated carbocycles. The van der Waals surface area contributed by atoms with Gasteiger partial charge in [-0.05, 0) is 47.4 Å². The lowest BCUT2D eigenvalue weighted by Crippen LogP contribution is -2.11. The van der Waals surface area contributed by atoms with E-state index in [1.165, 1.54) is 12.1 Å². The summed E-state index contributed by atoms with van der Waals surface area (Å²) in [5.41, 5.74) is 2.88. The zero-order valence-corrected chi connectivity index (χ0v) is 19.2. The molecule has 0 aliphatic rings. The van der Waals surface area contributed by atoms with Crippen LogP contribution in [0.4, 0.5) is 26.3 Å². The molecular weight excluding hydrogens is 494 g/mol. The second-order valence-electron chi connectivity index (χ2n) is 8.20. The van der Waals surface area contributed by atoms with Gasteiger partial charge in [0.25, 0.3) is 0 Å². The fourth-order valence-electron chi connectivity index (χ4n) is 3.58. The molecule has 0 aromatic heterocycles. The van der Waals surface area contributed by atoms with Gasteiger partial charge in [-0.15, -0.1) is 0 Å². The van der Waals surface area contributed by atoms with Crippen molar-refractivity contribution < 1.29 is 35.9 Å². The number of alkyl halides is 3. The Labute approximate surface area is 208 Å². The average molecular weight is 512 g/mol. The number of carbonyl (C=O) groups is 1. The summed E-state index contributed by atoms with van der Waals surface area (Å²) in [6, 6.07) is 20.3. The Balaban J connectivity index is 1.50. The van der Waals surface area contributed by atoms with Crippen LogP contribution in [0.5, 0.6) is 5.75 Å². The van der Waals surface area contributed by atoms with E-state index in [4.69, 9.17) is 4.74 Å². The lowest BCUT2D eigenvalue weighted by atomic mass is 9.99. The Morgan fingerprint density at radius 1 is 0.703 bits per heavy atom. The third kappa shape index (κ3) is 6.27. The summed E-state index contributed by atoms with van der Waals surface area (Å²) in [6.07, 6.45) is -4.87. The van der Waals surface area contributed by atoms with Crippen LogP contribution in [0.1, 0.15) is 21.5 Å². The van der Waals surface area contributed by atoms with Crippen molar-refractivity contribution in [3.05, 3.63) is 119 Å². The molecular formula is C29H18F6O2. The third-order valence-electron chi connectivity index (χ3n) is 5.49. The van der Waals surface area contributed by atoms with Gasteiger partial charge in [0.15, 0.2) is 0 Å². The monoisotopic (exact) mass is 512 g/mol. The minimum Gasteiger partial charge on any atom is -0.423 e. The Hall–Kier alpha value is -4.33. The number of esters is 1. The number of hydrogen-bond donors (Lipinski definition) is 0. The van der Waals surface area contributed by atoms with Crippen molar-refractivity contribution in [2.75, 3.05) is 0 Å². The highest BCUT2D eigenvalue weighted by molar-refractivity contribution is 5.92. The second-order valence-corrected chi connectivity index (χ2v) is 8.20. The SMILES string of the molecule is Cc1ccc(-c2ccc(-c3ccc(C(=O)Oc4cc(F)c(/C=C/C(F)(F)F)c(F)c4)c(F)c3)cc2)cc1. The molecule has 0 amide bonds. The molecule has 0 radical (unpaired) electrons. The van der Waals surface area contributed by atoms with Crippen molar-refractivity contribution in [1.29, 1.82) is 0 Å². The maximum atomic E-state index is 14.7. The fraction of sp³-hybridized carbons (Fsp3) is 0.0690. The molecule has 4 rings (SSSR count). The van der Waals surface area contributed by atoms with Gasteiger partial charge in [-0.25, -0.2) is 18.0 Å². The van der Waals surface area contributed by atoms with Crippen molar-refractivity contribution in [2.45, 2.75) is 13.1 Å². The Morgan fingerprint density at radius 3 is 1.70 bits per heavy atom. The van der Waals surface area contributed by atoms with Crippen LogP contribution in [0.2, 0.25) is 0 Å². The highest BCUT2D eigenvalue weighted by Crippen LogP contribution is 2.28. The summed E-state index contributed by atoms with van der Waals surface area (Å²) < 4.78 is 84.6. The molecule has 0 N–H and O–H groups in total. The van der Waals surface area contributed by atoms with Gasteiger partial charge in [-0.3, -0.25) is 0 Å². The molecule has 4 aromatic rings. The Bertz CT molecular complexity index is 1450. The van der Waals surface area contributed by atoms with Crippen LogP contribution in [0, 0.1) is 24.4 Å². The van der Waals surface area contributed by atoms with Gasteiger partial charge < -0.3 is 4.74 Å². The molecule has 0 atom stereocenters. The largest absolute Gasteiger partial charge is 0.423 e. The third-order valence-corrected chi connectivity index (χ3v) is 5.49. The van der Waals surface area contributed by atoms with E-state index in [1.54, 1.807) is 0 Å². The van der Waals surface area contributed by atoms with E-state index in [-0.39, 0.29) is 12.2 Å². The van der Waals surface area contributed by atoms with Crippen LogP contribution in [0.15, 0.2) is 84.9 Å². The minimum absolute atomic E-state index is 0.224. The highest BCUT2D eigenvalue weighted by atomic mass is 19.4. The molecule has 0 aliphatic heterocycles. The van der Waals surface area contributed by atoms with Gasteiger partial charge in [-0.2, -0.15) is 13.2 Å². The fourth-order valence-corrected chi connectivity index (χ4v) is 3.58. The van der Waals surface area contributed by atoms with E-state index in [0.717, 1.165) is 22.8 Å². The summed E-state index contributed by atoms with van der Waals surface area (Å²) in [6.45, 7) is 1.99. The zero-order valence-electron chi connectivity index (χ0n) is 19.2. The maximum absolute atomic E-state index is 14.7. The molecule has 0 unspecified atom stereocenters. The van der Waals surface area contributed by atoms with Crippen LogP contribution < -0.4 is 4.74 Å². The molecule has 0 spiro atoms. The highest BCUT2D eigenvalue weighted by Gasteiger charge is 2.23. The van der Waals surface area contributed by atoms with Crippen molar-refractivity contribution in [1.82, 2.24) is 0 Å². The first-order valence-corrected chi connectivity index (χ1v) is 10.9. The molecule has 37 heavy (non-hydrogen) atoms. The first-order chi connectivity index (χ1) is 17.5. The van der Waals surface area contributed by atoms with Crippen molar-refractivity contribution >= 4 is 12.0 Å². The molecule has 0 saturated heterocycles. The Kier molecular flexibility index (Phi) is 7.20. The normalized spacial score (nSPS) is 11.6. The molecule has 0 fully saturated rings. The Morgan fingerprint density at radius 2 is 1.19 bits per heavy atom. The van der Waals surface area contributed by atoms with E-state index in [2.05, 4.69) is 0 Å². The van der Waals surface area contributed by atoms with Crippen LogP contribution in [0.25, 0.3) is 28.3 Å². The maximum Gasteiger partial charge on any atom is 0.409 e. The second kappa shape index (κ2) is 10.3. The van der Waals surface area contributed by atoms with E-state index < -0.39 is 46.5 Å². The van der Waals surface area contributed by atoms with E-state index >= 15 is 0 Å². The predicted octanol–water partition coefficient (Wildman–Crippen LogP) is 8.54. The summed E-state index contributed by atoms with van der Waals surface area (Å²) in [4.78, 5) is 12.4. The van der Waals surface area contributed by atoms with Crippen LogP contribution >= 0.6 is 0 Å². The van der Waals surface area contributed by atoms with E-state index in [0.29, 0.717) is 23.3 Å². The molecule has 2 nitrogen and oxygen atoms in total. The van der Waals surface area contributed by atoms with Gasteiger partial charge in [0.05, 0.1) is 5.56 Å². The van der Waals surface area contributed by atoms with Gasteiger partial charge in [0.2, 0.25) is 0 Å². The topological polar surface area (TPSA) is 26.3 Å². The number of benzene rings is 4. The van der Waals surface area contributed by atoms with Crippen LogP contribution in [0.3, 0.4) is 0 Å². The number of halogens is 6. The molecule has 0 heterocycles. The van der Waals surface area contributed by atoms with Crippen molar-refractivity contribution in [3.8, 4) is 28.0 Å². The molecule has 0 bridgehead atoms. The zero-order chi connectivity index (χ0) is 26.7. The summed E-state index contributed by atoms with van der Waals surface area (Å²) in [5, 5.41) is 0. The number of carbonyl (C=O) groups excluding carboxylic acids is 1. The smallest absolute Gasteiger partial charge is 0.409 e. The lowest BCUT2D eigenvalue weighted by molar-refractivity contribution is -0.0790. The quantitative estimate of drug-likeness (QED) is 0.152. The van der Waals surface area contributed by atoms with Crippen LogP contribution in [-0.2, 0) is 0 Å². The average Bonchev–Trinajstić information content (AvgIpc) is 2.83. The number of allylic oxidation sites excluding steroid dienone is 1. The lowest BCUT2D eigenvalue weighted by Gasteiger charge is -2.09. The van der Waals surface area contributed by atoms with Gasteiger partial charge >= 0.3 is 12.1 Å². The van der Waals surface area contributed by atoms with Crippen LogP contribution in [-0.4, -0.2) is 12.1 Å². The van der Waals surface area contributed by atoms with E-state index in [9.17, 15) is 31.1 Å². The standard InChI is InChI=1S/C29H18F6O2/c1-17-2-4-18(5-3-17)19-6-8-20(9-7-19)21-10-11-24(25(30)14-21)28(36)37-22-15-26(31)23(27(32)16-22)12-13-29(33,34)35/h2-16H,1H3/b13-12+. The molecule has 8 heteroatoms. The minimum atomic E-state index is -4.77. The van der Waals surface area contributed by atoms with E-state index in [1.807, 2.05) is 55.5 Å². The van der Waals surface area contributed by atoms with Crippen molar-refractivity contribution in [3.63, 3.8) is 0 Å². The number of rotatable bonds is 5. The van der Waals surface area contributed by atoms with Gasteiger partial charge in [0.1, 0.15) is 23.2 Å². The number of hydrogen-bond acceptors (Lipinski definition) is 2. The summed E-state index contributed by atoms with van der Waals surface area (Å²) in [5.74, 6) is -5.53. The summed E-state index contributed by atoms with van der Waals surface area (Å²) in [7, 11) is 0. The van der Waals surface area contributed by atoms with Crippen molar-refractivity contribution in [2.24, 2.45) is 0 Å². The first-order valence-electron chi connectivity index (χ1n) is 10.9. The first kappa shape index (κ1) is 25.8. The number of aryl methyl sites for hydroxylation is 1. The molecule has 188 valence electrons. The van der Waals surface area contributed by atoms with Gasteiger partial charge in [-0.1, -0.05) is 60.2 Å². The summed E-state index contributed by atoms with van der Waals surface area (Å²) >= 11 is 0. The number of ether oxygens (including phenoxy) is 1.